The zero-order valence-corrected chi connectivity index (χ0v) is 10.2. The lowest BCUT2D eigenvalue weighted by molar-refractivity contribution is -0.137. The highest BCUT2D eigenvalue weighted by atomic mass is 19.4. The zero-order chi connectivity index (χ0) is 13.7. The van der Waals surface area contributed by atoms with E-state index in [0.29, 0.717) is 13.1 Å². The SMILES string of the molecule is O=C(c1cc(C(F)(F)F)c[nH]1)N1CCNCC12CC2. The fourth-order valence-electron chi connectivity index (χ4n) is 2.58. The van der Waals surface area contributed by atoms with Crippen molar-refractivity contribution in [2.45, 2.75) is 24.6 Å². The van der Waals surface area contributed by atoms with Gasteiger partial charge in [-0.1, -0.05) is 0 Å². The van der Waals surface area contributed by atoms with Crippen molar-refractivity contribution < 1.29 is 18.0 Å². The molecule has 1 aromatic rings. The van der Waals surface area contributed by atoms with Crippen LogP contribution in [0.5, 0.6) is 0 Å². The molecule has 0 atom stereocenters. The molecule has 0 radical (unpaired) electrons. The van der Waals surface area contributed by atoms with Crippen molar-refractivity contribution in [1.29, 1.82) is 0 Å². The average molecular weight is 273 g/mol. The van der Waals surface area contributed by atoms with Crippen LogP contribution in [-0.4, -0.2) is 41.0 Å². The van der Waals surface area contributed by atoms with Gasteiger partial charge >= 0.3 is 6.18 Å². The van der Waals surface area contributed by atoms with Crippen molar-refractivity contribution in [2.24, 2.45) is 0 Å². The van der Waals surface area contributed by atoms with Crippen molar-refractivity contribution in [1.82, 2.24) is 15.2 Å². The maximum Gasteiger partial charge on any atom is 0.417 e. The molecule has 0 aromatic carbocycles. The molecule has 19 heavy (non-hydrogen) atoms. The lowest BCUT2D eigenvalue weighted by Gasteiger charge is -2.36. The van der Waals surface area contributed by atoms with Crippen LogP contribution < -0.4 is 5.32 Å². The van der Waals surface area contributed by atoms with E-state index in [2.05, 4.69) is 10.3 Å². The van der Waals surface area contributed by atoms with E-state index in [1.807, 2.05) is 0 Å². The third-order valence-electron chi connectivity index (χ3n) is 3.85. The molecule has 7 heteroatoms. The molecule has 1 aliphatic carbocycles. The molecule has 2 aliphatic rings. The van der Waals surface area contributed by atoms with E-state index in [-0.39, 0.29) is 17.1 Å². The van der Waals surface area contributed by atoms with E-state index in [1.54, 1.807) is 4.90 Å². The number of carbonyl (C=O) groups is 1. The molecule has 2 heterocycles. The Morgan fingerprint density at radius 1 is 1.37 bits per heavy atom. The molecule has 1 amide bonds. The number of nitrogens with zero attached hydrogens (tertiary/aromatic N) is 1. The highest BCUT2D eigenvalue weighted by Gasteiger charge is 2.51. The standard InChI is InChI=1S/C12H14F3N3O/c13-12(14,15)8-5-9(17-6-8)10(19)18-4-3-16-7-11(18)1-2-11/h5-6,16-17H,1-4,7H2. The van der Waals surface area contributed by atoms with Crippen LogP contribution in [0.3, 0.4) is 0 Å². The minimum absolute atomic E-state index is 0.0144. The van der Waals surface area contributed by atoms with Gasteiger partial charge in [0.2, 0.25) is 0 Å². The topological polar surface area (TPSA) is 48.1 Å². The zero-order valence-electron chi connectivity index (χ0n) is 10.2. The number of amides is 1. The maximum absolute atomic E-state index is 12.5. The second-order valence-corrected chi connectivity index (χ2v) is 5.16. The van der Waals surface area contributed by atoms with E-state index in [0.717, 1.165) is 31.6 Å². The lowest BCUT2D eigenvalue weighted by atomic mass is 10.1. The van der Waals surface area contributed by atoms with E-state index in [4.69, 9.17) is 0 Å². The molecular formula is C12H14F3N3O. The smallest absolute Gasteiger partial charge is 0.357 e. The Hall–Kier alpha value is -1.50. The Morgan fingerprint density at radius 2 is 2.11 bits per heavy atom. The van der Waals surface area contributed by atoms with Crippen LogP contribution in [0.4, 0.5) is 13.2 Å². The van der Waals surface area contributed by atoms with Gasteiger partial charge in [-0.05, 0) is 18.9 Å². The Morgan fingerprint density at radius 3 is 2.68 bits per heavy atom. The molecule has 1 saturated carbocycles. The van der Waals surface area contributed by atoms with Gasteiger partial charge in [0.1, 0.15) is 5.69 Å². The van der Waals surface area contributed by atoms with Crippen molar-refractivity contribution in [3.8, 4) is 0 Å². The summed E-state index contributed by atoms with van der Waals surface area (Å²) in [5.74, 6) is -0.338. The monoisotopic (exact) mass is 273 g/mol. The van der Waals surface area contributed by atoms with Crippen LogP contribution in [0.25, 0.3) is 0 Å². The van der Waals surface area contributed by atoms with Crippen LogP contribution in [-0.2, 0) is 6.18 Å². The van der Waals surface area contributed by atoms with E-state index >= 15 is 0 Å². The number of nitrogens with one attached hydrogen (secondary N) is 2. The predicted molar refractivity (Wildman–Crippen MR) is 61.7 cm³/mol. The van der Waals surface area contributed by atoms with Gasteiger partial charge in [0.15, 0.2) is 0 Å². The molecule has 0 unspecified atom stereocenters. The maximum atomic E-state index is 12.5. The largest absolute Gasteiger partial charge is 0.417 e. The van der Waals surface area contributed by atoms with Crippen molar-refractivity contribution in [2.75, 3.05) is 19.6 Å². The molecule has 2 N–H and O–H groups in total. The molecule has 1 saturated heterocycles. The highest BCUT2D eigenvalue weighted by Crippen LogP contribution is 2.43. The van der Waals surface area contributed by atoms with Crippen LogP contribution in [0.2, 0.25) is 0 Å². The number of rotatable bonds is 1. The molecule has 1 aromatic heterocycles. The normalized spacial score (nSPS) is 21.7. The summed E-state index contributed by atoms with van der Waals surface area (Å²) >= 11 is 0. The quantitative estimate of drug-likeness (QED) is 0.816. The summed E-state index contributed by atoms with van der Waals surface area (Å²) < 4.78 is 37.5. The van der Waals surface area contributed by atoms with Crippen LogP contribution in [0.15, 0.2) is 12.3 Å². The third kappa shape index (κ3) is 2.11. The number of halogens is 3. The van der Waals surface area contributed by atoms with Gasteiger partial charge in [0.25, 0.3) is 5.91 Å². The van der Waals surface area contributed by atoms with Gasteiger partial charge in [-0.25, -0.2) is 0 Å². The van der Waals surface area contributed by atoms with Gasteiger partial charge in [-0.2, -0.15) is 13.2 Å². The molecule has 104 valence electrons. The highest BCUT2D eigenvalue weighted by molar-refractivity contribution is 5.93. The van der Waals surface area contributed by atoms with Crippen LogP contribution >= 0.6 is 0 Å². The summed E-state index contributed by atoms with van der Waals surface area (Å²) in [5.41, 5.74) is -0.963. The molecular weight excluding hydrogens is 259 g/mol. The van der Waals surface area contributed by atoms with Crippen LogP contribution in [0.1, 0.15) is 28.9 Å². The Labute approximate surface area is 108 Å². The first-order valence-corrected chi connectivity index (χ1v) is 6.21. The van der Waals surface area contributed by atoms with Crippen molar-refractivity contribution in [3.63, 3.8) is 0 Å². The van der Waals surface area contributed by atoms with E-state index in [1.165, 1.54) is 0 Å². The fourth-order valence-corrected chi connectivity index (χ4v) is 2.58. The molecule has 4 nitrogen and oxygen atoms in total. The first-order chi connectivity index (χ1) is 8.92. The summed E-state index contributed by atoms with van der Waals surface area (Å²) in [4.78, 5) is 16.4. The molecule has 1 aliphatic heterocycles. The second-order valence-electron chi connectivity index (χ2n) is 5.16. The number of carbonyl (C=O) groups excluding carboxylic acids is 1. The minimum Gasteiger partial charge on any atom is -0.357 e. The summed E-state index contributed by atoms with van der Waals surface area (Å²) in [6.45, 7) is 1.95. The molecule has 1 spiro atoms. The second kappa shape index (κ2) is 4.00. The average Bonchev–Trinajstić information content (AvgIpc) is 2.94. The summed E-state index contributed by atoms with van der Waals surface area (Å²) in [6.07, 6.45) is -1.75. The Kier molecular flexibility index (Phi) is 2.63. The van der Waals surface area contributed by atoms with Gasteiger partial charge < -0.3 is 15.2 Å². The number of piperazine rings is 1. The Bertz CT molecular complexity index is 505. The summed E-state index contributed by atoms with van der Waals surface area (Å²) in [6, 6.07) is 0.889. The summed E-state index contributed by atoms with van der Waals surface area (Å²) in [5, 5.41) is 3.22. The number of aromatic amines is 1. The Balaban J connectivity index is 1.82. The molecule has 3 rings (SSSR count). The number of alkyl halides is 3. The first-order valence-electron chi connectivity index (χ1n) is 6.21. The minimum atomic E-state index is -4.42. The first kappa shape index (κ1) is 12.5. The van der Waals surface area contributed by atoms with Gasteiger partial charge in [0, 0.05) is 25.8 Å². The van der Waals surface area contributed by atoms with Crippen molar-refractivity contribution in [3.05, 3.63) is 23.5 Å². The van der Waals surface area contributed by atoms with E-state index < -0.39 is 11.7 Å². The van der Waals surface area contributed by atoms with Gasteiger partial charge in [-0.15, -0.1) is 0 Å². The number of aromatic nitrogens is 1. The molecule has 0 bridgehead atoms. The predicted octanol–water partition coefficient (Wildman–Crippen LogP) is 1.61. The molecule has 2 fully saturated rings. The lowest BCUT2D eigenvalue weighted by Crippen LogP contribution is -2.55. The van der Waals surface area contributed by atoms with Gasteiger partial charge in [0.05, 0.1) is 11.1 Å². The fraction of sp³-hybridized carbons (Fsp3) is 0.583. The number of H-pyrrole nitrogens is 1. The van der Waals surface area contributed by atoms with E-state index in [9.17, 15) is 18.0 Å². The van der Waals surface area contributed by atoms with Gasteiger partial charge in [-0.3, -0.25) is 4.79 Å². The van der Waals surface area contributed by atoms with Crippen LogP contribution in [0, 0.1) is 0 Å². The summed E-state index contributed by atoms with van der Waals surface area (Å²) in [7, 11) is 0. The third-order valence-corrected chi connectivity index (χ3v) is 3.85. The number of hydrogen-bond acceptors (Lipinski definition) is 2. The number of hydrogen-bond donors (Lipinski definition) is 2. The van der Waals surface area contributed by atoms with Crippen molar-refractivity contribution >= 4 is 5.91 Å².